The van der Waals surface area contributed by atoms with Gasteiger partial charge in [-0.1, -0.05) is 23.7 Å². The van der Waals surface area contributed by atoms with Crippen molar-refractivity contribution in [2.24, 2.45) is 0 Å². The molecular formula is C20H21ClN2O4. The van der Waals surface area contributed by atoms with E-state index in [1.165, 1.54) is 7.11 Å². The number of halogens is 1. The molecule has 1 aliphatic rings. The maximum atomic E-state index is 12.4. The van der Waals surface area contributed by atoms with E-state index in [2.05, 4.69) is 10.2 Å². The van der Waals surface area contributed by atoms with E-state index in [9.17, 15) is 9.59 Å². The number of hydrogen-bond donors (Lipinski definition) is 1. The number of nitrogens with one attached hydrogen (secondary N) is 1. The Balaban J connectivity index is 1.77. The third kappa shape index (κ3) is 4.99. The summed E-state index contributed by atoms with van der Waals surface area (Å²) in [5, 5.41) is 3.42. The number of esters is 1. The van der Waals surface area contributed by atoms with Crippen LogP contribution in [0.5, 0.6) is 0 Å². The average molecular weight is 389 g/mol. The molecule has 6 nitrogen and oxygen atoms in total. The molecule has 0 unspecified atom stereocenters. The van der Waals surface area contributed by atoms with Gasteiger partial charge < -0.3 is 19.7 Å². The minimum Gasteiger partial charge on any atom is -0.465 e. The summed E-state index contributed by atoms with van der Waals surface area (Å²) in [6.07, 6.45) is 0.184. The molecule has 1 fully saturated rings. The van der Waals surface area contributed by atoms with Crippen LogP contribution in [0.15, 0.2) is 42.5 Å². The van der Waals surface area contributed by atoms with E-state index in [0.717, 1.165) is 24.3 Å². The third-order valence-electron chi connectivity index (χ3n) is 4.34. The summed E-state index contributed by atoms with van der Waals surface area (Å²) in [4.78, 5) is 26.7. The van der Waals surface area contributed by atoms with Crippen molar-refractivity contribution in [2.45, 2.75) is 6.42 Å². The minimum absolute atomic E-state index is 0.184. The second kappa shape index (κ2) is 8.88. The monoisotopic (exact) mass is 388 g/mol. The normalized spacial score (nSPS) is 13.9. The second-order valence-corrected chi connectivity index (χ2v) is 6.61. The Morgan fingerprint density at radius 3 is 2.52 bits per heavy atom. The SMILES string of the molecule is COC(=O)c1cc(N2CCOCC2)ccc1NC(=O)Cc1ccc(Cl)cc1. The smallest absolute Gasteiger partial charge is 0.340 e. The predicted molar refractivity (Wildman–Crippen MR) is 105 cm³/mol. The molecule has 27 heavy (non-hydrogen) atoms. The van der Waals surface area contributed by atoms with Gasteiger partial charge in [0.1, 0.15) is 0 Å². The summed E-state index contributed by atoms with van der Waals surface area (Å²) in [6.45, 7) is 2.80. The molecule has 2 aromatic rings. The van der Waals surface area contributed by atoms with Crippen molar-refractivity contribution in [3.63, 3.8) is 0 Å². The van der Waals surface area contributed by atoms with E-state index in [1.54, 1.807) is 36.4 Å². The molecule has 1 N–H and O–H groups in total. The van der Waals surface area contributed by atoms with Crippen LogP contribution in [0.2, 0.25) is 5.02 Å². The maximum Gasteiger partial charge on any atom is 0.340 e. The van der Waals surface area contributed by atoms with Gasteiger partial charge in [0.2, 0.25) is 5.91 Å². The van der Waals surface area contributed by atoms with Crippen molar-refractivity contribution in [3.05, 3.63) is 58.6 Å². The van der Waals surface area contributed by atoms with Crippen LogP contribution in [0.1, 0.15) is 15.9 Å². The highest BCUT2D eigenvalue weighted by Crippen LogP contribution is 2.25. The van der Waals surface area contributed by atoms with E-state index < -0.39 is 5.97 Å². The topological polar surface area (TPSA) is 67.9 Å². The Hall–Kier alpha value is -2.57. The molecular weight excluding hydrogens is 368 g/mol. The molecule has 0 aromatic heterocycles. The van der Waals surface area contributed by atoms with E-state index in [0.29, 0.717) is 29.5 Å². The maximum absolute atomic E-state index is 12.4. The van der Waals surface area contributed by atoms with Crippen LogP contribution in [0.3, 0.4) is 0 Å². The fourth-order valence-corrected chi connectivity index (χ4v) is 3.05. The van der Waals surface area contributed by atoms with Crippen LogP contribution in [-0.4, -0.2) is 45.3 Å². The zero-order valence-corrected chi connectivity index (χ0v) is 15.8. The molecule has 7 heteroatoms. The third-order valence-corrected chi connectivity index (χ3v) is 4.59. The molecule has 0 saturated carbocycles. The number of hydrogen-bond acceptors (Lipinski definition) is 5. The first-order valence-corrected chi connectivity index (χ1v) is 9.04. The summed E-state index contributed by atoms with van der Waals surface area (Å²) in [6, 6.07) is 12.4. The summed E-state index contributed by atoms with van der Waals surface area (Å²) < 4.78 is 10.2. The molecule has 1 aliphatic heterocycles. The summed E-state index contributed by atoms with van der Waals surface area (Å²) >= 11 is 5.86. The lowest BCUT2D eigenvalue weighted by molar-refractivity contribution is -0.115. The Kier molecular flexibility index (Phi) is 6.32. The zero-order chi connectivity index (χ0) is 19.2. The molecule has 1 heterocycles. The van der Waals surface area contributed by atoms with Crippen molar-refractivity contribution in [2.75, 3.05) is 43.6 Å². The molecule has 1 saturated heterocycles. The van der Waals surface area contributed by atoms with Gasteiger partial charge in [-0.05, 0) is 35.9 Å². The quantitative estimate of drug-likeness (QED) is 0.797. The van der Waals surface area contributed by atoms with Gasteiger partial charge >= 0.3 is 5.97 Å². The van der Waals surface area contributed by atoms with Crippen molar-refractivity contribution in [1.29, 1.82) is 0 Å². The highest BCUT2D eigenvalue weighted by atomic mass is 35.5. The number of amides is 1. The van der Waals surface area contributed by atoms with Gasteiger partial charge in [-0.3, -0.25) is 4.79 Å². The number of anilines is 2. The summed E-state index contributed by atoms with van der Waals surface area (Å²) in [5.74, 6) is -0.714. The van der Waals surface area contributed by atoms with Crippen molar-refractivity contribution in [1.82, 2.24) is 0 Å². The van der Waals surface area contributed by atoms with E-state index in [4.69, 9.17) is 21.1 Å². The van der Waals surface area contributed by atoms with Gasteiger partial charge in [-0.2, -0.15) is 0 Å². The van der Waals surface area contributed by atoms with Gasteiger partial charge in [-0.15, -0.1) is 0 Å². The lowest BCUT2D eigenvalue weighted by Gasteiger charge is -2.29. The average Bonchev–Trinajstić information content (AvgIpc) is 2.70. The Labute approximate surface area is 163 Å². The highest BCUT2D eigenvalue weighted by Gasteiger charge is 2.18. The molecule has 0 atom stereocenters. The number of carbonyl (C=O) groups is 2. The van der Waals surface area contributed by atoms with Crippen LogP contribution < -0.4 is 10.2 Å². The van der Waals surface area contributed by atoms with Gasteiger partial charge in [0.05, 0.1) is 38.0 Å². The summed E-state index contributed by atoms with van der Waals surface area (Å²) in [7, 11) is 1.32. The first-order chi connectivity index (χ1) is 13.1. The number of carbonyl (C=O) groups excluding carboxylic acids is 2. The molecule has 0 aliphatic carbocycles. The highest BCUT2D eigenvalue weighted by molar-refractivity contribution is 6.30. The Morgan fingerprint density at radius 1 is 1.15 bits per heavy atom. The molecule has 142 valence electrons. The largest absolute Gasteiger partial charge is 0.465 e. The molecule has 1 amide bonds. The standard InChI is InChI=1S/C20H21ClN2O4/c1-26-20(25)17-13-16(23-8-10-27-11-9-23)6-7-18(17)22-19(24)12-14-2-4-15(21)5-3-14/h2-7,13H,8-12H2,1H3,(H,22,24). The van der Waals surface area contributed by atoms with Crippen molar-refractivity contribution < 1.29 is 19.1 Å². The number of methoxy groups -OCH3 is 1. The fourth-order valence-electron chi connectivity index (χ4n) is 2.92. The second-order valence-electron chi connectivity index (χ2n) is 6.17. The van der Waals surface area contributed by atoms with Crippen LogP contribution in [0.4, 0.5) is 11.4 Å². The molecule has 0 bridgehead atoms. The first-order valence-electron chi connectivity index (χ1n) is 8.66. The lowest BCUT2D eigenvalue weighted by atomic mass is 10.1. The Bertz CT molecular complexity index is 817. The number of ether oxygens (including phenoxy) is 2. The van der Waals surface area contributed by atoms with Gasteiger partial charge in [0, 0.05) is 23.8 Å². The van der Waals surface area contributed by atoms with Crippen LogP contribution in [0.25, 0.3) is 0 Å². The van der Waals surface area contributed by atoms with Gasteiger partial charge in [0.15, 0.2) is 0 Å². The molecule has 2 aromatic carbocycles. The zero-order valence-electron chi connectivity index (χ0n) is 15.0. The number of rotatable bonds is 5. The predicted octanol–water partition coefficient (Wildman–Crippen LogP) is 3.14. The van der Waals surface area contributed by atoms with E-state index in [-0.39, 0.29) is 12.3 Å². The fraction of sp³-hybridized carbons (Fsp3) is 0.300. The van der Waals surface area contributed by atoms with Crippen LogP contribution in [-0.2, 0) is 20.7 Å². The van der Waals surface area contributed by atoms with Crippen molar-refractivity contribution in [3.8, 4) is 0 Å². The molecule has 3 rings (SSSR count). The summed E-state index contributed by atoms with van der Waals surface area (Å²) in [5.41, 5.74) is 2.49. The van der Waals surface area contributed by atoms with Crippen molar-refractivity contribution >= 4 is 34.9 Å². The Morgan fingerprint density at radius 2 is 1.85 bits per heavy atom. The minimum atomic E-state index is -0.494. The molecule has 0 radical (unpaired) electrons. The number of nitrogens with zero attached hydrogens (tertiary/aromatic N) is 1. The molecule has 0 spiro atoms. The van der Waals surface area contributed by atoms with E-state index >= 15 is 0 Å². The lowest BCUT2D eigenvalue weighted by Crippen LogP contribution is -2.36. The first kappa shape index (κ1) is 19.2. The number of morpholine rings is 1. The van der Waals surface area contributed by atoms with Gasteiger partial charge in [0.25, 0.3) is 0 Å². The van der Waals surface area contributed by atoms with E-state index in [1.807, 2.05) is 6.07 Å². The van der Waals surface area contributed by atoms with Gasteiger partial charge in [-0.25, -0.2) is 4.79 Å². The van der Waals surface area contributed by atoms with Crippen LogP contribution in [0, 0.1) is 0 Å². The van der Waals surface area contributed by atoms with Crippen LogP contribution >= 0.6 is 11.6 Å². The number of benzene rings is 2.